The molecule has 210 valence electrons. The molecule has 1 atom stereocenters. The van der Waals surface area contributed by atoms with Crippen molar-refractivity contribution in [1.82, 2.24) is 4.90 Å². The van der Waals surface area contributed by atoms with Crippen LogP contribution in [0.4, 0.5) is 16.2 Å². The summed E-state index contributed by atoms with van der Waals surface area (Å²) in [5.41, 5.74) is 1.93. The first kappa shape index (κ1) is 29.1. The summed E-state index contributed by atoms with van der Waals surface area (Å²) in [5.74, 6) is -0.320. The summed E-state index contributed by atoms with van der Waals surface area (Å²) in [5, 5.41) is 14.6. The molecule has 4 rings (SSSR count). The van der Waals surface area contributed by atoms with Gasteiger partial charge in [-0.2, -0.15) is 0 Å². The van der Waals surface area contributed by atoms with Crippen molar-refractivity contribution in [2.75, 3.05) is 37.4 Å². The van der Waals surface area contributed by atoms with Crippen LogP contribution in [0.15, 0.2) is 71.2 Å². The van der Waals surface area contributed by atoms with Gasteiger partial charge in [0.05, 0.1) is 24.0 Å². The number of methoxy groups -OCH3 is 1. The molecule has 0 radical (unpaired) electrons. The third-order valence-corrected chi connectivity index (χ3v) is 6.89. The number of anilines is 2. The molecule has 3 aromatic carbocycles. The second-order valence-electron chi connectivity index (χ2n) is 9.12. The van der Waals surface area contributed by atoms with E-state index in [-0.39, 0.29) is 24.4 Å². The second-order valence-corrected chi connectivity index (χ2v) is 9.97. The molecule has 1 heterocycles. The third kappa shape index (κ3) is 8.04. The van der Waals surface area contributed by atoms with E-state index in [0.29, 0.717) is 28.4 Å². The van der Waals surface area contributed by atoms with Crippen LogP contribution in [0.3, 0.4) is 0 Å². The zero-order valence-electron chi connectivity index (χ0n) is 21.9. The minimum absolute atomic E-state index is 0.0971. The number of carboxylic acid groups (broad SMARTS) is 1. The number of para-hydroxylation sites is 1. The average Bonchev–Trinajstić information content (AvgIpc) is 3.48. The van der Waals surface area contributed by atoms with Crippen molar-refractivity contribution in [2.24, 2.45) is 0 Å². The van der Waals surface area contributed by atoms with E-state index in [0.717, 1.165) is 30.4 Å². The standard InChI is InChI=1S/C29H30BrN3O7/c1-38-26-17-19(8-13-25(26)32-28(37)31-24-7-3-2-6-23(24)30)16-21(34)18-39-29(33-14-4-5-15-33)40-22-11-9-20(10-12-22)27(35)36/h2-3,6-13,17,29H,4-5,14-16,18H2,1H3,(H,35,36)(H2,31,32,37). The maximum Gasteiger partial charge on any atom is 0.335 e. The number of nitrogens with one attached hydrogen (secondary N) is 2. The maximum absolute atomic E-state index is 12.8. The molecule has 0 aromatic heterocycles. The van der Waals surface area contributed by atoms with Crippen molar-refractivity contribution in [3.05, 3.63) is 82.3 Å². The molecule has 3 aromatic rings. The number of hydrogen-bond donors (Lipinski definition) is 3. The molecule has 1 aliphatic heterocycles. The molecule has 3 N–H and O–H groups in total. The Bertz CT molecular complexity index is 1340. The van der Waals surface area contributed by atoms with Crippen molar-refractivity contribution in [3.63, 3.8) is 0 Å². The lowest BCUT2D eigenvalue weighted by molar-refractivity contribution is -0.174. The van der Waals surface area contributed by atoms with Crippen LogP contribution in [-0.2, 0) is 16.0 Å². The minimum Gasteiger partial charge on any atom is -0.495 e. The summed E-state index contributed by atoms with van der Waals surface area (Å²) in [6.07, 6.45) is 1.32. The average molecular weight is 612 g/mol. The first-order valence-corrected chi connectivity index (χ1v) is 13.5. The molecule has 10 nitrogen and oxygen atoms in total. The van der Waals surface area contributed by atoms with E-state index in [1.165, 1.54) is 19.2 Å². The number of ketones is 1. The van der Waals surface area contributed by atoms with Crippen molar-refractivity contribution in [2.45, 2.75) is 25.7 Å². The highest BCUT2D eigenvalue weighted by Gasteiger charge is 2.25. The molecule has 1 saturated heterocycles. The number of benzene rings is 3. The lowest BCUT2D eigenvalue weighted by Crippen LogP contribution is -2.40. The van der Waals surface area contributed by atoms with Crippen LogP contribution in [0.1, 0.15) is 28.8 Å². The van der Waals surface area contributed by atoms with Crippen LogP contribution in [0.5, 0.6) is 11.5 Å². The molecular weight excluding hydrogens is 582 g/mol. The number of amides is 2. The lowest BCUT2D eigenvalue weighted by Gasteiger charge is -2.27. The number of carbonyl (C=O) groups is 3. The smallest absolute Gasteiger partial charge is 0.335 e. The van der Waals surface area contributed by atoms with E-state index in [9.17, 15) is 14.4 Å². The summed E-state index contributed by atoms with van der Waals surface area (Å²) < 4.78 is 18.0. The van der Waals surface area contributed by atoms with Crippen LogP contribution in [0, 0.1) is 0 Å². The highest BCUT2D eigenvalue weighted by Crippen LogP contribution is 2.27. The van der Waals surface area contributed by atoms with Gasteiger partial charge in [-0.1, -0.05) is 18.2 Å². The van der Waals surface area contributed by atoms with E-state index in [4.69, 9.17) is 19.3 Å². The fourth-order valence-corrected chi connectivity index (χ4v) is 4.57. The normalized spacial score (nSPS) is 13.8. The predicted octanol–water partition coefficient (Wildman–Crippen LogP) is 5.39. The maximum atomic E-state index is 12.8. The fourth-order valence-electron chi connectivity index (χ4n) is 4.19. The molecular formula is C29H30BrN3O7. The molecule has 11 heteroatoms. The second kappa shape index (κ2) is 13.9. The van der Waals surface area contributed by atoms with Crippen LogP contribution in [-0.4, -0.2) is 61.0 Å². The van der Waals surface area contributed by atoms with Gasteiger partial charge in [0.25, 0.3) is 6.41 Å². The summed E-state index contributed by atoms with van der Waals surface area (Å²) in [4.78, 5) is 38.4. The number of carbonyl (C=O) groups excluding carboxylic acids is 2. The zero-order chi connectivity index (χ0) is 28.5. The topological polar surface area (TPSA) is 126 Å². The molecule has 1 fully saturated rings. The first-order valence-electron chi connectivity index (χ1n) is 12.7. The van der Waals surface area contributed by atoms with Crippen LogP contribution < -0.4 is 20.1 Å². The van der Waals surface area contributed by atoms with Crippen LogP contribution in [0.2, 0.25) is 0 Å². The Morgan fingerprint density at radius 1 is 0.975 bits per heavy atom. The zero-order valence-corrected chi connectivity index (χ0v) is 23.5. The Hall–Kier alpha value is -3.93. The molecule has 0 bridgehead atoms. The molecule has 1 aliphatic rings. The van der Waals surface area contributed by atoms with Crippen molar-refractivity contribution < 1.29 is 33.7 Å². The van der Waals surface area contributed by atoms with Gasteiger partial charge in [-0.05, 0) is 82.9 Å². The molecule has 0 spiro atoms. The molecule has 40 heavy (non-hydrogen) atoms. The summed E-state index contributed by atoms with van der Waals surface area (Å²) in [6, 6.07) is 18.0. The number of aromatic carboxylic acids is 1. The number of hydrogen-bond acceptors (Lipinski definition) is 7. The predicted molar refractivity (Wildman–Crippen MR) is 153 cm³/mol. The third-order valence-electron chi connectivity index (χ3n) is 6.20. The van der Waals surface area contributed by atoms with Gasteiger partial charge >= 0.3 is 12.0 Å². The Kier molecular flexibility index (Phi) is 10.1. The van der Waals surface area contributed by atoms with Crippen LogP contribution >= 0.6 is 15.9 Å². The number of carboxylic acids is 1. The fraction of sp³-hybridized carbons (Fsp3) is 0.276. The minimum atomic E-state index is -1.02. The van der Waals surface area contributed by atoms with E-state index >= 15 is 0 Å². The van der Waals surface area contributed by atoms with Crippen molar-refractivity contribution >= 4 is 45.1 Å². The first-order chi connectivity index (χ1) is 19.3. The van der Waals surface area contributed by atoms with E-state index < -0.39 is 18.4 Å². The van der Waals surface area contributed by atoms with Gasteiger partial charge in [-0.15, -0.1) is 0 Å². The number of rotatable bonds is 12. The Labute approximate surface area is 240 Å². The van der Waals surface area contributed by atoms with E-state index in [1.807, 2.05) is 23.1 Å². The van der Waals surface area contributed by atoms with E-state index in [1.54, 1.807) is 36.4 Å². The molecule has 1 unspecified atom stereocenters. The number of Topliss-reactive ketones (excluding diaryl/α,β-unsaturated/α-hetero) is 1. The number of halogens is 1. The number of urea groups is 1. The highest BCUT2D eigenvalue weighted by atomic mass is 79.9. The van der Waals surface area contributed by atoms with Gasteiger partial charge in [-0.3, -0.25) is 4.79 Å². The highest BCUT2D eigenvalue weighted by molar-refractivity contribution is 9.10. The van der Waals surface area contributed by atoms with Crippen molar-refractivity contribution in [3.8, 4) is 11.5 Å². The van der Waals surface area contributed by atoms with Crippen LogP contribution in [0.25, 0.3) is 0 Å². The monoisotopic (exact) mass is 611 g/mol. The number of nitrogens with zero attached hydrogens (tertiary/aromatic N) is 1. The molecule has 0 aliphatic carbocycles. The Morgan fingerprint density at radius 3 is 2.35 bits per heavy atom. The SMILES string of the molecule is COc1cc(CC(=O)COC(Oc2ccc(C(=O)O)cc2)N2CCCC2)ccc1NC(=O)Nc1ccccc1Br. The van der Waals surface area contributed by atoms with Gasteiger partial charge in [0.15, 0.2) is 5.78 Å². The van der Waals surface area contributed by atoms with Gasteiger partial charge < -0.3 is 30.0 Å². The lowest BCUT2D eigenvalue weighted by atomic mass is 10.1. The molecule has 0 saturated carbocycles. The Balaban J connectivity index is 1.34. The quantitative estimate of drug-likeness (QED) is 0.233. The van der Waals surface area contributed by atoms with Crippen molar-refractivity contribution in [1.29, 1.82) is 0 Å². The summed E-state index contributed by atoms with van der Waals surface area (Å²) in [7, 11) is 1.49. The largest absolute Gasteiger partial charge is 0.495 e. The summed E-state index contributed by atoms with van der Waals surface area (Å²) >= 11 is 3.40. The number of likely N-dealkylation sites (tertiary alicyclic amines) is 1. The number of ether oxygens (including phenoxy) is 3. The van der Waals surface area contributed by atoms with Gasteiger partial charge in [0.2, 0.25) is 0 Å². The molecule has 2 amide bonds. The van der Waals surface area contributed by atoms with E-state index in [2.05, 4.69) is 26.6 Å². The van der Waals surface area contributed by atoms with Gasteiger partial charge in [0.1, 0.15) is 18.1 Å². The van der Waals surface area contributed by atoms with Gasteiger partial charge in [-0.25, -0.2) is 14.5 Å². The summed E-state index contributed by atoms with van der Waals surface area (Å²) in [6.45, 7) is 1.37. The Morgan fingerprint density at radius 2 is 1.68 bits per heavy atom. The van der Waals surface area contributed by atoms with Gasteiger partial charge in [0, 0.05) is 24.0 Å².